The van der Waals surface area contributed by atoms with Crippen molar-refractivity contribution in [3.05, 3.63) is 16.1 Å². The Hall–Kier alpha value is -0.410. The van der Waals surface area contributed by atoms with Crippen molar-refractivity contribution in [3.63, 3.8) is 0 Å². The fourth-order valence-electron chi connectivity index (χ4n) is 3.00. The summed E-state index contributed by atoms with van der Waals surface area (Å²) in [5.74, 6) is 1.34. The zero-order valence-electron chi connectivity index (χ0n) is 12.3. The van der Waals surface area contributed by atoms with E-state index in [2.05, 4.69) is 45.3 Å². The molecule has 102 valence electrons. The molecule has 0 saturated heterocycles. The monoisotopic (exact) mass is 266 g/mol. The van der Waals surface area contributed by atoms with Crippen LogP contribution in [-0.4, -0.2) is 11.0 Å². The average Bonchev–Trinajstić information content (AvgIpc) is 2.85. The standard InChI is InChI=1S/C15H26N2S/c1-10(2)13-9-18-14(16-13)15(17-11(3)4)7-6-12(5)8-15/h9-12,17H,6-8H2,1-5H3. The number of nitrogens with one attached hydrogen (secondary N) is 1. The van der Waals surface area contributed by atoms with Crippen molar-refractivity contribution in [1.82, 2.24) is 10.3 Å². The molecule has 1 aliphatic rings. The molecule has 1 N–H and O–H groups in total. The number of aromatic nitrogens is 1. The molecule has 1 heterocycles. The highest BCUT2D eigenvalue weighted by molar-refractivity contribution is 7.09. The van der Waals surface area contributed by atoms with Crippen LogP contribution in [-0.2, 0) is 5.54 Å². The first-order valence-corrected chi connectivity index (χ1v) is 8.04. The van der Waals surface area contributed by atoms with Gasteiger partial charge in [0.2, 0.25) is 0 Å². The van der Waals surface area contributed by atoms with Crippen LogP contribution in [0, 0.1) is 5.92 Å². The molecule has 1 aliphatic carbocycles. The summed E-state index contributed by atoms with van der Waals surface area (Å²) in [6, 6.07) is 0.515. The molecule has 0 aromatic carbocycles. The fourth-order valence-corrected chi connectivity index (χ4v) is 4.19. The van der Waals surface area contributed by atoms with Gasteiger partial charge in [0, 0.05) is 11.4 Å². The zero-order valence-corrected chi connectivity index (χ0v) is 13.1. The predicted molar refractivity (Wildman–Crippen MR) is 79.2 cm³/mol. The minimum atomic E-state index is 0.144. The Morgan fingerprint density at radius 3 is 2.56 bits per heavy atom. The molecule has 1 fully saturated rings. The maximum absolute atomic E-state index is 4.91. The highest BCUT2D eigenvalue weighted by Gasteiger charge is 2.41. The van der Waals surface area contributed by atoms with Gasteiger partial charge in [-0.25, -0.2) is 4.98 Å². The van der Waals surface area contributed by atoms with E-state index in [1.54, 1.807) is 0 Å². The minimum Gasteiger partial charge on any atom is -0.303 e. The summed E-state index contributed by atoms with van der Waals surface area (Å²) in [7, 11) is 0. The molecule has 2 rings (SSSR count). The number of hydrogen-bond donors (Lipinski definition) is 1. The van der Waals surface area contributed by atoms with Gasteiger partial charge < -0.3 is 5.32 Å². The second-order valence-electron chi connectivity index (χ2n) is 6.46. The van der Waals surface area contributed by atoms with Gasteiger partial charge in [0.05, 0.1) is 11.2 Å². The van der Waals surface area contributed by atoms with E-state index in [0.717, 1.165) is 5.92 Å². The van der Waals surface area contributed by atoms with Gasteiger partial charge in [-0.05, 0) is 44.9 Å². The first kappa shape index (κ1) is 14.0. The summed E-state index contributed by atoms with van der Waals surface area (Å²) in [5.41, 5.74) is 1.39. The highest BCUT2D eigenvalue weighted by Crippen LogP contribution is 2.43. The molecule has 1 saturated carbocycles. The number of hydrogen-bond acceptors (Lipinski definition) is 3. The Labute approximate surface area is 115 Å². The summed E-state index contributed by atoms with van der Waals surface area (Å²) in [6.45, 7) is 11.3. The normalized spacial score (nSPS) is 28.5. The molecule has 2 unspecified atom stereocenters. The summed E-state index contributed by atoms with van der Waals surface area (Å²) in [4.78, 5) is 4.91. The highest BCUT2D eigenvalue weighted by atomic mass is 32.1. The minimum absolute atomic E-state index is 0.144. The van der Waals surface area contributed by atoms with Crippen LogP contribution in [0.2, 0.25) is 0 Å². The fraction of sp³-hybridized carbons (Fsp3) is 0.800. The average molecular weight is 266 g/mol. The maximum atomic E-state index is 4.91. The maximum Gasteiger partial charge on any atom is 0.113 e. The Kier molecular flexibility index (Phi) is 4.12. The van der Waals surface area contributed by atoms with Crippen molar-refractivity contribution in [2.24, 2.45) is 5.92 Å². The lowest BCUT2D eigenvalue weighted by Gasteiger charge is -2.31. The number of rotatable bonds is 4. The number of thiazole rings is 1. The van der Waals surface area contributed by atoms with Gasteiger partial charge in [0.25, 0.3) is 0 Å². The van der Waals surface area contributed by atoms with E-state index in [1.807, 2.05) is 11.3 Å². The van der Waals surface area contributed by atoms with Crippen molar-refractivity contribution in [1.29, 1.82) is 0 Å². The topological polar surface area (TPSA) is 24.9 Å². The van der Waals surface area contributed by atoms with Crippen LogP contribution in [0.4, 0.5) is 0 Å². The predicted octanol–water partition coefficient (Wildman–Crippen LogP) is 4.28. The second-order valence-corrected chi connectivity index (χ2v) is 7.32. The third-order valence-corrected chi connectivity index (χ3v) is 4.91. The van der Waals surface area contributed by atoms with E-state index >= 15 is 0 Å². The van der Waals surface area contributed by atoms with Crippen molar-refractivity contribution >= 4 is 11.3 Å². The van der Waals surface area contributed by atoms with Crippen LogP contribution in [0.25, 0.3) is 0 Å². The molecule has 0 spiro atoms. The SMILES string of the molecule is CC1CCC(NC(C)C)(c2nc(C(C)C)cs2)C1. The van der Waals surface area contributed by atoms with Gasteiger partial charge in [-0.3, -0.25) is 0 Å². The first-order valence-electron chi connectivity index (χ1n) is 7.16. The lowest BCUT2D eigenvalue weighted by molar-refractivity contribution is 0.301. The van der Waals surface area contributed by atoms with E-state index in [1.165, 1.54) is 30.0 Å². The van der Waals surface area contributed by atoms with Crippen molar-refractivity contribution < 1.29 is 0 Å². The smallest absolute Gasteiger partial charge is 0.113 e. The van der Waals surface area contributed by atoms with Gasteiger partial charge in [0.15, 0.2) is 0 Å². The molecule has 2 atom stereocenters. The van der Waals surface area contributed by atoms with E-state index in [9.17, 15) is 0 Å². The Morgan fingerprint density at radius 2 is 2.11 bits per heavy atom. The van der Waals surface area contributed by atoms with Gasteiger partial charge in [-0.15, -0.1) is 11.3 Å². The zero-order chi connectivity index (χ0) is 13.3. The van der Waals surface area contributed by atoms with Gasteiger partial charge in [-0.2, -0.15) is 0 Å². The molecule has 1 aromatic rings. The summed E-state index contributed by atoms with van der Waals surface area (Å²) in [6.07, 6.45) is 3.78. The van der Waals surface area contributed by atoms with Crippen molar-refractivity contribution in [2.45, 2.75) is 71.4 Å². The molecule has 18 heavy (non-hydrogen) atoms. The molecular formula is C15H26N2S. The molecular weight excluding hydrogens is 240 g/mol. The lowest BCUT2D eigenvalue weighted by atomic mass is 9.95. The van der Waals surface area contributed by atoms with Gasteiger partial charge in [-0.1, -0.05) is 20.8 Å². The molecule has 3 heteroatoms. The summed E-state index contributed by atoms with van der Waals surface area (Å²) >= 11 is 1.84. The van der Waals surface area contributed by atoms with Crippen LogP contribution in [0.5, 0.6) is 0 Å². The molecule has 0 radical (unpaired) electrons. The number of nitrogens with zero attached hydrogens (tertiary/aromatic N) is 1. The van der Waals surface area contributed by atoms with Crippen molar-refractivity contribution in [3.8, 4) is 0 Å². The van der Waals surface area contributed by atoms with Crippen LogP contribution < -0.4 is 5.32 Å². The quantitative estimate of drug-likeness (QED) is 0.880. The Balaban J connectivity index is 2.28. The third-order valence-electron chi connectivity index (χ3n) is 3.85. The van der Waals surface area contributed by atoms with Crippen LogP contribution >= 0.6 is 11.3 Å². The summed E-state index contributed by atoms with van der Waals surface area (Å²) in [5, 5.41) is 7.35. The molecule has 0 amide bonds. The van der Waals surface area contributed by atoms with Gasteiger partial charge >= 0.3 is 0 Å². The van der Waals surface area contributed by atoms with Gasteiger partial charge in [0.1, 0.15) is 5.01 Å². The Morgan fingerprint density at radius 1 is 1.39 bits per heavy atom. The Bertz CT molecular complexity index is 397. The first-order chi connectivity index (χ1) is 8.43. The molecule has 1 aromatic heterocycles. The molecule has 0 bridgehead atoms. The lowest BCUT2D eigenvalue weighted by Crippen LogP contribution is -2.44. The molecule has 0 aliphatic heterocycles. The second kappa shape index (κ2) is 5.30. The van der Waals surface area contributed by atoms with Crippen LogP contribution in [0.1, 0.15) is 70.5 Å². The third kappa shape index (κ3) is 2.77. The van der Waals surface area contributed by atoms with Crippen LogP contribution in [0.15, 0.2) is 5.38 Å². The molecule has 2 nitrogen and oxygen atoms in total. The largest absolute Gasteiger partial charge is 0.303 e. The van der Waals surface area contributed by atoms with Crippen LogP contribution in [0.3, 0.4) is 0 Å². The van der Waals surface area contributed by atoms with E-state index in [4.69, 9.17) is 4.98 Å². The van der Waals surface area contributed by atoms with Crippen molar-refractivity contribution in [2.75, 3.05) is 0 Å². The van der Waals surface area contributed by atoms with E-state index in [0.29, 0.717) is 12.0 Å². The van der Waals surface area contributed by atoms with E-state index in [-0.39, 0.29) is 5.54 Å². The summed E-state index contributed by atoms with van der Waals surface area (Å²) < 4.78 is 0. The van der Waals surface area contributed by atoms with E-state index < -0.39 is 0 Å².